The third-order valence-electron chi connectivity index (χ3n) is 4.59. The van der Waals surface area contributed by atoms with Gasteiger partial charge in [-0.05, 0) is 44.0 Å². The molecule has 1 N–H and O–H groups in total. The van der Waals surface area contributed by atoms with E-state index in [2.05, 4.69) is 20.2 Å². The van der Waals surface area contributed by atoms with Crippen LogP contribution in [-0.2, 0) is 0 Å². The SMILES string of the molecule is O=C(N[C@H]1CN2CCC1CC2)c1cnc(-c2ccccn2)s1. The lowest BCUT2D eigenvalue weighted by Gasteiger charge is -2.44. The van der Waals surface area contributed by atoms with Gasteiger partial charge < -0.3 is 10.2 Å². The van der Waals surface area contributed by atoms with Crippen molar-refractivity contribution in [3.05, 3.63) is 35.5 Å². The molecule has 2 bridgehead atoms. The molecule has 1 amide bonds. The van der Waals surface area contributed by atoms with Gasteiger partial charge in [-0.25, -0.2) is 4.98 Å². The van der Waals surface area contributed by atoms with Crippen LogP contribution in [0.2, 0.25) is 0 Å². The number of rotatable bonds is 3. The normalized spacial score (nSPS) is 26.8. The van der Waals surface area contributed by atoms with Crippen LogP contribution in [0.3, 0.4) is 0 Å². The Morgan fingerprint density at radius 2 is 2.14 bits per heavy atom. The molecule has 0 saturated carbocycles. The summed E-state index contributed by atoms with van der Waals surface area (Å²) in [5.41, 5.74) is 0.814. The van der Waals surface area contributed by atoms with Crippen LogP contribution < -0.4 is 5.32 Å². The summed E-state index contributed by atoms with van der Waals surface area (Å²) >= 11 is 1.40. The molecule has 2 aromatic rings. The Kier molecular flexibility index (Phi) is 3.63. The maximum atomic E-state index is 12.5. The second kappa shape index (κ2) is 5.78. The molecular weight excluding hydrogens is 296 g/mol. The first kappa shape index (κ1) is 13.8. The fourth-order valence-corrected chi connectivity index (χ4v) is 4.15. The number of hydrogen-bond acceptors (Lipinski definition) is 5. The Morgan fingerprint density at radius 1 is 1.27 bits per heavy atom. The monoisotopic (exact) mass is 314 g/mol. The zero-order chi connectivity index (χ0) is 14.9. The minimum Gasteiger partial charge on any atom is -0.347 e. The standard InChI is InChI=1S/C16H18N4OS/c21-15(19-13-10-20-7-4-11(13)5-8-20)14-9-18-16(22-14)12-3-1-2-6-17-12/h1-3,6,9,11,13H,4-5,7-8,10H2,(H,19,21)/t13-/m0/s1. The minimum atomic E-state index is -0.00145. The van der Waals surface area contributed by atoms with Gasteiger partial charge in [0.25, 0.3) is 5.91 Å². The number of piperidine rings is 3. The van der Waals surface area contributed by atoms with Gasteiger partial charge in [-0.2, -0.15) is 0 Å². The number of nitrogens with one attached hydrogen (secondary N) is 1. The van der Waals surface area contributed by atoms with Crippen molar-refractivity contribution in [1.29, 1.82) is 0 Å². The molecule has 5 heterocycles. The molecule has 0 aliphatic carbocycles. The Bertz CT molecular complexity index is 664. The largest absolute Gasteiger partial charge is 0.347 e. The first-order valence-electron chi connectivity index (χ1n) is 7.70. The third kappa shape index (κ3) is 2.64. The highest BCUT2D eigenvalue weighted by Crippen LogP contribution is 2.28. The highest BCUT2D eigenvalue weighted by molar-refractivity contribution is 7.16. The summed E-state index contributed by atoms with van der Waals surface area (Å²) in [6, 6.07) is 6.00. The van der Waals surface area contributed by atoms with Crippen LogP contribution in [0.5, 0.6) is 0 Å². The van der Waals surface area contributed by atoms with Crippen LogP contribution in [0.1, 0.15) is 22.5 Å². The molecule has 2 aromatic heterocycles. The number of hydrogen-bond donors (Lipinski definition) is 1. The van der Waals surface area contributed by atoms with E-state index in [1.807, 2.05) is 18.2 Å². The lowest BCUT2D eigenvalue weighted by molar-refractivity contribution is 0.0622. The number of amides is 1. The summed E-state index contributed by atoms with van der Waals surface area (Å²) in [5, 5.41) is 3.99. The number of fused-ring (bicyclic) bond motifs is 3. The summed E-state index contributed by atoms with van der Waals surface area (Å²) in [4.78, 5) is 24.2. The van der Waals surface area contributed by atoms with Crippen molar-refractivity contribution in [2.24, 2.45) is 5.92 Å². The van der Waals surface area contributed by atoms with E-state index in [4.69, 9.17) is 0 Å². The van der Waals surface area contributed by atoms with Crippen molar-refractivity contribution < 1.29 is 4.79 Å². The van der Waals surface area contributed by atoms with Crippen molar-refractivity contribution in [2.75, 3.05) is 19.6 Å². The molecule has 3 saturated heterocycles. The first-order chi connectivity index (χ1) is 10.8. The topological polar surface area (TPSA) is 58.1 Å². The van der Waals surface area contributed by atoms with Gasteiger partial charge in [0.15, 0.2) is 0 Å². The smallest absolute Gasteiger partial charge is 0.263 e. The number of carbonyl (C=O) groups excluding carboxylic acids is 1. The highest BCUT2D eigenvalue weighted by atomic mass is 32.1. The zero-order valence-electron chi connectivity index (χ0n) is 12.2. The minimum absolute atomic E-state index is 0.00145. The van der Waals surface area contributed by atoms with Gasteiger partial charge >= 0.3 is 0 Å². The number of nitrogens with zero attached hydrogens (tertiary/aromatic N) is 3. The molecule has 5 nitrogen and oxygen atoms in total. The molecule has 3 aliphatic rings. The molecule has 22 heavy (non-hydrogen) atoms. The average molecular weight is 314 g/mol. The molecule has 3 fully saturated rings. The highest BCUT2D eigenvalue weighted by Gasteiger charge is 2.35. The maximum absolute atomic E-state index is 12.5. The van der Waals surface area contributed by atoms with Gasteiger partial charge in [0, 0.05) is 18.8 Å². The molecule has 0 aromatic carbocycles. The molecule has 1 atom stereocenters. The molecule has 0 radical (unpaired) electrons. The molecule has 0 unspecified atom stereocenters. The molecule has 6 heteroatoms. The average Bonchev–Trinajstić information content (AvgIpc) is 3.07. The Labute approximate surface area is 133 Å². The van der Waals surface area contributed by atoms with Crippen LogP contribution in [-0.4, -0.2) is 46.5 Å². The summed E-state index contributed by atoms with van der Waals surface area (Å²) in [5.74, 6) is 0.635. The molecular formula is C16H18N4OS. The lowest BCUT2D eigenvalue weighted by atomic mass is 9.84. The fourth-order valence-electron chi connectivity index (χ4n) is 3.35. The van der Waals surface area contributed by atoms with Gasteiger partial charge in [-0.3, -0.25) is 9.78 Å². The van der Waals surface area contributed by atoms with E-state index in [-0.39, 0.29) is 11.9 Å². The number of aromatic nitrogens is 2. The van der Waals surface area contributed by atoms with Crippen LogP contribution >= 0.6 is 11.3 Å². The predicted molar refractivity (Wildman–Crippen MR) is 85.8 cm³/mol. The predicted octanol–water partition coefficient (Wildman–Crippen LogP) is 2.03. The second-order valence-corrected chi connectivity index (χ2v) is 6.99. The van der Waals surface area contributed by atoms with E-state index in [1.165, 1.54) is 37.3 Å². The van der Waals surface area contributed by atoms with Crippen molar-refractivity contribution >= 4 is 17.2 Å². The van der Waals surface area contributed by atoms with E-state index >= 15 is 0 Å². The van der Waals surface area contributed by atoms with E-state index in [0.717, 1.165) is 17.2 Å². The van der Waals surface area contributed by atoms with E-state index in [1.54, 1.807) is 12.4 Å². The molecule has 3 aliphatic heterocycles. The summed E-state index contributed by atoms with van der Waals surface area (Å²) in [6.07, 6.45) is 5.80. The summed E-state index contributed by atoms with van der Waals surface area (Å²) in [6.45, 7) is 3.35. The Balaban J connectivity index is 1.46. The van der Waals surface area contributed by atoms with Gasteiger partial charge in [-0.15, -0.1) is 11.3 Å². The second-order valence-electron chi connectivity index (χ2n) is 5.96. The van der Waals surface area contributed by atoms with Crippen molar-refractivity contribution in [1.82, 2.24) is 20.2 Å². The van der Waals surface area contributed by atoms with Gasteiger partial charge in [0.05, 0.1) is 11.9 Å². The zero-order valence-corrected chi connectivity index (χ0v) is 13.1. The Hall–Kier alpha value is -1.79. The van der Waals surface area contributed by atoms with E-state index in [0.29, 0.717) is 10.8 Å². The lowest BCUT2D eigenvalue weighted by Crippen LogP contribution is -2.57. The van der Waals surface area contributed by atoms with Crippen molar-refractivity contribution in [2.45, 2.75) is 18.9 Å². The summed E-state index contributed by atoms with van der Waals surface area (Å²) < 4.78 is 0. The first-order valence-corrected chi connectivity index (χ1v) is 8.52. The molecule has 0 spiro atoms. The van der Waals surface area contributed by atoms with Gasteiger partial charge in [0.2, 0.25) is 0 Å². The summed E-state index contributed by atoms with van der Waals surface area (Å²) in [7, 11) is 0. The van der Waals surface area contributed by atoms with Crippen molar-refractivity contribution in [3.8, 4) is 10.7 Å². The van der Waals surface area contributed by atoms with E-state index < -0.39 is 0 Å². The quantitative estimate of drug-likeness (QED) is 0.942. The van der Waals surface area contributed by atoms with E-state index in [9.17, 15) is 4.79 Å². The van der Waals surface area contributed by atoms with Crippen LogP contribution in [0, 0.1) is 5.92 Å². The van der Waals surface area contributed by atoms with Crippen molar-refractivity contribution in [3.63, 3.8) is 0 Å². The molecule has 5 rings (SSSR count). The molecule has 114 valence electrons. The Morgan fingerprint density at radius 3 is 2.82 bits per heavy atom. The van der Waals surface area contributed by atoms with Crippen LogP contribution in [0.25, 0.3) is 10.7 Å². The van der Waals surface area contributed by atoms with Gasteiger partial charge in [0.1, 0.15) is 9.88 Å². The third-order valence-corrected chi connectivity index (χ3v) is 5.60. The fraction of sp³-hybridized carbons (Fsp3) is 0.438. The van der Waals surface area contributed by atoms with Crippen LogP contribution in [0.15, 0.2) is 30.6 Å². The number of thiazole rings is 1. The van der Waals surface area contributed by atoms with Gasteiger partial charge in [-0.1, -0.05) is 6.07 Å². The van der Waals surface area contributed by atoms with Crippen LogP contribution in [0.4, 0.5) is 0 Å². The maximum Gasteiger partial charge on any atom is 0.263 e. The number of pyridine rings is 1. The number of carbonyl (C=O) groups is 1.